The van der Waals surface area contributed by atoms with Gasteiger partial charge in [0.25, 0.3) is 0 Å². The molecule has 1 amide bonds. The van der Waals surface area contributed by atoms with E-state index >= 15 is 0 Å². The van der Waals surface area contributed by atoms with Crippen LogP contribution >= 0.6 is 0 Å². The van der Waals surface area contributed by atoms with Crippen molar-refractivity contribution in [3.05, 3.63) is 23.7 Å². The van der Waals surface area contributed by atoms with Crippen LogP contribution in [0.15, 0.2) is 16.5 Å². The second kappa shape index (κ2) is 5.82. The molecule has 1 fully saturated rings. The first-order valence-electron chi connectivity index (χ1n) is 6.24. The first-order valence-corrected chi connectivity index (χ1v) is 6.24. The summed E-state index contributed by atoms with van der Waals surface area (Å²) in [6.45, 7) is 1.46. The van der Waals surface area contributed by atoms with Gasteiger partial charge in [0.15, 0.2) is 12.0 Å². The predicted molar refractivity (Wildman–Crippen MR) is 66.2 cm³/mol. The van der Waals surface area contributed by atoms with E-state index in [2.05, 4.69) is 10.2 Å². The molecule has 0 saturated carbocycles. The summed E-state index contributed by atoms with van der Waals surface area (Å²) in [4.78, 5) is 24.5. The number of carbonyl (C=O) groups is 2. The number of piperidine rings is 1. The van der Waals surface area contributed by atoms with Crippen molar-refractivity contribution in [3.8, 4) is 0 Å². The molecular weight excluding hydrogens is 232 g/mol. The third kappa shape index (κ3) is 2.79. The lowest BCUT2D eigenvalue weighted by molar-refractivity contribution is -0.127. The highest BCUT2D eigenvalue weighted by atomic mass is 16.3. The molecule has 1 N–H and O–H groups in total. The number of likely N-dealkylation sites (N-methyl/N-ethyl adjacent to an activating group) is 1. The van der Waals surface area contributed by atoms with Crippen molar-refractivity contribution in [2.45, 2.75) is 31.8 Å². The molecule has 18 heavy (non-hydrogen) atoms. The van der Waals surface area contributed by atoms with Crippen LogP contribution in [0.1, 0.15) is 35.6 Å². The number of likely N-dealkylation sites (tertiary alicyclic amines) is 1. The minimum absolute atomic E-state index is 0.0527. The summed E-state index contributed by atoms with van der Waals surface area (Å²) in [7, 11) is 1.66. The van der Waals surface area contributed by atoms with E-state index in [1.54, 1.807) is 19.2 Å². The highest BCUT2D eigenvalue weighted by Gasteiger charge is 2.28. The van der Waals surface area contributed by atoms with E-state index in [4.69, 9.17) is 4.42 Å². The topological polar surface area (TPSA) is 62.6 Å². The van der Waals surface area contributed by atoms with Crippen molar-refractivity contribution >= 4 is 12.2 Å². The maximum atomic E-state index is 11.8. The third-order valence-corrected chi connectivity index (χ3v) is 3.32. The van der Waals surface area contributed by atoms with E-state index in [1.165, 1.54) is 0 Å². The van der Waals surface area contributed by atoms with Crippen molar-refractivity contribution in [2.75, 3.05) is 13.6 Å². The molecule has 2 rings (SSSR count). The Balaban J connectivity index is 2.04. The molecular formula is C13H18N2O3. The summed E-state index contributed by atoms with van der Waals surface area (Å²) in [6, 6.07) is 3.36. The van der Waals surface area contributed by atoms with E-state index in [-0.39, 0.29) is 11.9 Å². The Hall–Kier alpha value is -1.62. The molecule has 0 spiro atoms. The van der Waals surface area contributed by atoms with Gasteiger partial charge in [-0.05, 0) is 31.5 Å². The highest BCUT2D eigenvalue weighted by Crippen LogP contribution is 2.20. The summed E-state index contributed by atoms with van der Waals surface area (Å²) in [6.07, 6.45) is 3.73. The summed E-state index contributed by atoms with van der Waals surface area (Å²) in [5, 5.41) is 2.70. The van der Waals surface area contributed by atoms with Crippen LogP contribution in [0, 0.1) is 0 Å². The Kier molecular flexibility index (Phi) is 4.15. The first kappa shape index (κ1) is 12.8. The second-order valence-electron chi connectivity index (χ2n) is 4.52. The third-order valence-electron chi connectivity index (χ3n) is 3.32. The lowest BCUT2D eigenvalue weighted by Crippen LogP contribution is -2.48. The maximum Gasteiger partial charge on any atom is 0.237 e. The van der Waals surface area contributed by atoms with Gasteiger partial charge in [-0.25, -0.2) is 0 Å². The van der Waals surface area contributed by atoms with E-state index in [0.717, 1.165) is 31.6 Å². The zero-order valence-electron chi connectivity index (χ0n) is 10.5. The lowest BCUT2D eigenvalue weighted by Gasteiger charge is -2.33. The Labute approximate surface area is 106 Å². The number of nitrogens with zero attached hydrogens (tertiary/aromatic N) is 1. The van der Waals surface area contributed by atoms with Gasteiger partial charge in [-0.3, -0.25) is 14.5 Å². The number of aldehydes is 1. The summed E-state index contributed by atoms with van der Waals surface area (Å²) in [5.74, 6) is 1.11. The smallest absolute Gasteiger partial charge is 0.237 e. The Bertz CT molecular complexity index is 428. The van der Waals surface area contributed by atoms with Gasteiger partial charge in [-0.1, -0.05) is 6.42 Å². The number of amides is 1. The van der Waals surface area contributed by atoms with Crippen molar-refractivity contribution < 1.29 is 14.0 Å². The number of hydrogen-bond donors (Lipinski definition) is 1. The molecule has 5 heteroatoms. The fraction of sp³-hybridized carbons (Fsp3) is 0.538. The van der Waals surface area contributed by atoms with E-state index in [9.17, 15) is 9.59 Å². The van der Waals surface area contributed by atoms with Gasteiger partial charge < -0.3 is 9.73 Å². The van der Waals surface area contributed by atoms with Crippen LogP contribution in [0.25, 0.3) is 0 Å². The minimum atomic E-state index is -0.0893. The minimum Gasteiger partial charge on any atom is -0.457 e. The van der Waals surface area contributed by atoms with Gasteiger partial charge in [0, 0.05) is 7.05 Å². The Morgan fingerprint density at radius 2 is 2.39 bits per heavy atom. The lowest BCUT2D eigenvalue weighted by atomic mass is 10.0. The van der Waals surface area contributed by atoms with E-state index in [0.29, 0.717) is 18.6 Å². The molecule has 0 aromatic carbocycles. The fourth-order valence-electron chi connectivity index (χ4n) is 2.39. The van der Waals surface area contributed by atoms with Crippen molar-refractivity contribution in [1.82, 2.24) is 10.2 Å². The summed E-state index contributed by atoms with van der Waals surface area (Å²) in [5.41, 5.74) is 0. The molecule has 1 saturated heterocycles. The number of nitrogens with one attached hydrogen (secondary N) is 1. The fourth-order valence-corrected chi connectivity index (χ4v) is 2.39. The van der Waals surface area contributed by atoms with Crippen molar-refractivity contribution in [3.63, 3.8) is 0 Å². The predicted octanol–water partition coefficient (Wildman–Crippen LogP) is 1.19. The molecule has 1 atom stereocenters. The van der Waals surface area contributed by atoms with Crippen molar-refractivity contribution in [2.24, 2.45) is 0 Å². The maximum absolute atomic E-state index is 11.8. The van der Waals surface area contributed by atoms with Gasteiger partial charge in [-0.2, -0.15) is 0 Å². The molecule has 1 unspecified atom stereocenters. The second-order valence-corrected chi connectivity index (χ2v) is 4.52. The van der Waals surface area contributed by atoms with Crippen LogP contribution in [0.5, 0.6) is 0 Å². The van der Waals surface area contributed by atoms with Crippen LogP contribution in [0.2, 0.25) is 0 Å². The Morgan fingerprint density at radius 1 is 1.56 bits per heavy atom. The van der Waals surface area contributed by atoms with E-state index < -0.39 is 0 Å². The van der Waals surface area contributed by atoms with Gasteiger partial charge in [0.2, 0.25) is 5.91 Å². The van der Waals surface area contributed by atoms with Crippen molar-refractivity contribution in [1.29, 1.82) is 0 Å². The molecule has 2 heterocycles. The monoisotopic (exact) mass is 250 g/mol. The largest absolute Gasteiger partial charge is 0.457 e. The molecule has 5 nitrogen and oxygen atoms in total. The molecule has 0 aliphatic carbocycles. The van der Waals surface area contributed by atoms with Crippen LogP contribution in [0.3, 0.4) is 0 Å². The zero-order chi connectivity index (χ0) is 13.0. The zero-order valence-corrected chi connectivity index (χ0v) is 10.5. The highest BCUT2D eigenvalue weighted by molar-refractivity contribution is 5.81. The summed E-state index contributed by atoms with van der Waals surface area (Å²) < 4.78 is 5.36. The Morgan fingerprint density at radius 3 is 3.06 bits per heavy atom. The molecule has 1 aromatic rings. The van der Waals surface area contributed by atoms with Crippen LogP contribution < -0.4 is 5.32 Å². The van der Waals surface area contributed by atoms with Gasteiger partial charge in [0.05, 0.1) is 12.6 Å². The number of hydrogen-bond acceptors (Lipinski definition) is 4. The summed E-state index contributed by atoms with van der Waals surface area (Å²) >= 11 is 0. The SMILES string of the molecule is CNC(=O)C1CCCCN1Cc1ccc(C=O)o1. The van der Waals surface area contributed by atoms with Gasteiger partial charge >= 0.3 is 0 Å². The molecule has 1 aliphatic rings. The normalized spacial score (nSPS) is 20.6. The molecule has 98 valence electrons. The number of carbonyl (C=O) groups excluding carboxylic acids is 2. The molecule has 1 aliphatic heterocycles. The standard InChI is InChI=1S/C13H18N2O3/c1-14-13(17)12-4-2-3-7-15(12)8-10-5-6-11(9-16)18-10/h5-6,9,12H,2-4,7-8H2,1H3,(H,14,17). The molecule has 1 aromatic heterocycles. The van der Waals surface area contributed by atoms with E-state index in [1.807, 2.05) is 0 Å². The molecule has 0 bridgehead atoms. The first-order chi connectivity index (χ1) is 8.74. The molecule has 0 radical (unpaired) electrons. The average Bonchev–Trinajstić information content (AvgIpc) is 2.86. The van der Waals surface area contributed by atoms with Gasteiger partial charge in [0.1, 0.15) is 5.76 Å². The van der Waals surface area contributed by atoms with Crippen LogP contribution in [0.4, 0.5) is 0 Å². The number of rotatable bonds is 4. The van der Waals surface area contributed by atoms with Gasteiger partial charge in [-0.15, -0.1) is 0 Å². The quantitative estimate of drug-likeness (QED) is 0.815. The van der Waals surface area contributed by atoms with Crippen LogP contribution in [-0.4, -0.2) is 36.7 Å². The van der Waals surface area contributed by atoms with Crippen LogP contribution in [-0.2, 0) is 11.3 Å². The number of furan rings is 1. The average molecular weight is 250 g/mol.